The van der Waals surface area contributed by atoms with Gasteiger partial charge in [-0.05, 0) is 74.2 Å². The summed E-state index contributed by atoms with van der Waals surface area (Å²) in [5.74, 6) is 0. The molecule has 0 aliphatic heterocycles. The van der Waals surface area contributed by atoms with E-state index in [0.717, 1.165) is 31.4 Å². The van der Waals surface area contributed by atoms with Crippen LogP contribution in [0.5, 0.6) is 0 Å². The van der Waals surface area contributed by atoms with E-state index in [9.17, 15) is 0 Å². The molecule has 21 heavy (non-hydrogen) atoms. The van der Waals surface area contributed by atoms with E-state index in [1.165, 1.54) is 11.1 Å². The molecule has 2 aromatic rings. The quantitative estimate of drug-likeness (QED) is 0.472. The van der Waals surface area contributed by atoms with Crippen LogP contribution in [-0.4, -0.2) is 6.34 Å². The summed E-state index contributed by atoms with van der Waals surface area (Å²) in [5.41, 5.74) is 6.82. The van der Waals surface area contributed by atoms with Gasteiger partial charge in [0.25, 0.3) is 0 Å². The fourth-order valence-electron chi connectivity index (χ4n) is 2.41. The highest BCUT2D eigenvalue weighted by atomic mass is 79.9. The van der Waals surface area contributed by atoms with E-state index in [1.54, 1.807) is 6.34 Å². The van der Waals surface area contributed by atoms with Gasteiger partial charge in [0.1, 0.15) is 0 Å². The van der Waals surface area contributed by atoms with Gasteiger partial charge in [-0.1, -0.05) is 31.9 Å². The molecular weight excluding hydrogens is 392 g/mol. The molecule has 0 unspecified atom stereocenters. The largest absolute Gasteiger partial charge is 0.346 e. The van der Waals surface area contributed by atoms with Gasteiger partial charge < -0.3 is 5.32 Å². The van der Waals surface area contributed by atoms with Gasteiger partial charge in [-0.15, -0.1) is 0 Å². The number of halogens is 2. The molecule has 0 fully saturated rings. The van der Waals surface area contributed by atoms with Crippen LogP contribution < -0.4 is 5.32 Å². The molecule has 0 aromatic heterocycles. The average Bonchev–Trinajstić information content (AvgIpc) is 2.34. The molecule has 0 saturated carbocycles. The van der Waals surface area contributed by atoms with Crippen LogP contribution in [0.3, 0.4) is 0 Å². The minimum absolute atomic E-state index is 1.01. The molecule has 110 valence electrons. The lowest BCUT2D eigenvalue weighted by atomic mass is 10.1. The van der Waals surface area contributed by atoms with Crippen LogP contribution >= 0.6 is 31.9 Å². The van der Waals surface area contributed by atoms with E-state index in [2.05, 4.69) is 94.1 Å². The van der Waals surface area contributed by atoms with Crippen LogP contribution in [0, 0.1) is 27.7 Å². The van der Waals surface area contributed by atoms with Crippen molar-refractivity contribution in [3.05, 3.63) is 55.5 Å². The van der Waals surface area contributed by atoms with Gasteiger partial charge in [-0.25, -0.2) is 4.99 Å². The molecule has 0 amide bonds. The lowest BCUT2D eigenvalue weighted by molar-refractivity contribution is 1.31. The lowest BCUT2D eigenvalue weighted by Gasteiger charge is -2.10. The van der Waals surface area contributed by atoms with Crippen LogP contribution in [0.2, 0.25) is 0 Å². The molecule has 0 heterocycles. The monoisotopic (exact) mass is 408 g/mol. The molecule has 0 aliphatic rings. The fraction of sp³-hybridized carbons (Fsp3) is 0.235. The summed E-state index contributed by atoms with van der Waals surface area (Å²) in [7, 11) is 0. The number of nitrogens with one attached hydrogen (secondary N) is 1. The number of hydrogen-bond donors (Lipinski definition) is 1. The van der Waals surface area contributed by atoms with Gasteiger partial charge >= 0.3 is 0 Å². The number of benzene rings is 2. The fourth-order valence-corrected chi connectivity index (χ4v) is 3.78. The number of rotatable bonds is 3. The summed E-state index contributed by atoms with van der Waals surface area (Å²) in [4.78, 5) is 4.58. The van der Waals surface area contributed by atoms with E-state index >= 15 is 0 Å². The van der Waals surface area contributed by atoms with Crippen molar-refractivity contribution >= 4 is 49.6 Å². The number of aliphatic imine (C=N–C) groups is 1. The van der Waals surface area contributed by atoms with Crippen molar-refractivity contribution in [1.82, 2.24) is 0 Å². The molecule has 0 aliphatic carbocycles. The number of hydrogen-bond acceptors (Lipinski definition) is 1. The topological polar surface area (TPSA) is 24.4 Å². The van der Waals surface area contributed by atoms with E-state index in [1.807, 2.05) is 0 Å². The highest BCUT2D eigenvalue weighted by Crippen LogP contribution is 2.28. The maximum absolute atomic E-state index is 4.58. The summed E-state index contributed by atoms with van der Waals surface area (Å²) in [6.45, 7) is 8.31. The Balaban J connectivity index is 2.25. The van der Waals surface area contributed by atoms with Gasteiger partial charge in [0.2, 0.25) is 0 Å². The zero-order valence-corrected chi connectivity index (χ0v) is 15.8. The Morgan fingerprint density at radius 1 is 0.810 bits per heavy atom. The molecule has 0 bridgehead atoms. The third-order valence-corrected chi connectivity index (χ3v) is 4.27. The third kappa shape index (κ3) is 3.95. The minimum atomic E-state index is 1.01. The summed E-state index contributed by atoms with van der Waals surface area (Å²) >= 11 is 7.02. The maximum atomic E-state index is 4.58. The number of nitrogens with zero attached hydrogens (tertiary/aromatic N) is 1. The summed E-state index contributed by atoms with van der Waals surface area (Å²) < 4.78 is 2.18. The molecule has 0 radical (unpaired) electrons. The van der Waals surface area contributed by atoms with E-state index in [-0.39, 0.29) is 0 Å². The highest BCUT2D eigenvalue weighted by molar-refractivity contribution is 9.10. The predicted molar refractivity (Wildman–Crippen MR) is 99.0 cm³/mol. The Bertz CT molecular complexity index is 660. The van der Waals surface area contributed by atoms with Gasteiger partial charge in [0.15, 0.2) is 0 Å². The van der Waals surface area contributed by atoms with Crippen LogP contribution in [0.15, 0.2) is 38.2 Å². The Morgan fingerprint density at radius 3 is 1.71 bits per heavy atom. The molecule has 4 heteroatoms. The molecule has 2 aromatic carbocycles. The number of aryl methyl sites for hydroxylation is 4. The summed E-state index contributed by atoms with van der Waals surface area (Å²) in [6, 6.07) is 8.35. The zero-order chi connectivity index (χ0) is 15.6. The van der Waals surface area contributed by atoms with E-state index in [0.29, 0.717) is 0 Å². The lowest BCUT2D eigenvalue weighted by Crippen LogP contribution is -2.00. The van der Waals surface area contributed by atoms with Gasteiger partial charge in [-0.2, -0.15) is 0 Å². The molecular formula is C17H18Br2N2. The van der Waals surface area contributed by atoms with Crippen molar-refractivity contribution in [2.45, 2.75) is 27.7 Å². The number of anilines is 1. The Morgan fingerprint density at radius 2 is 1.24 bits per heavy atom. The Labute approximate surface area is 142 Å². The maximum Gasteiger partial charge on any atom is 0.0930 e. The van der Waals surface area contributed by atoms with Crippen LogP contribution in [0.25, 0.3) is 0 Å². The normalized spacial score (nSPS) is 11.1. The van der Waals surface area contributed by atoms with Crippen molar-refractivity contribution in [3.63, 3.8) is 0 Å². The first-order valence-electron chi connectivity index (χ1n) is 6.71. The first-order chi connectivity index (χ1) is 9.88. The van der Waals surface area contributed by atoms with E-state index < -0.39 is 0 Å². The average molecular weight is 410 g/mol. The van der Waals surface area contributed by atoms with Crippen molar-refractivity contribution in [2.24, 2.45) is 4.99 Å². The van der Waals surface area contributed by atoms with Crippen molar-refractivity contribution in [2.75, 3.05) is 5.32 Å². The summed E-state index contributed by atoms with van der Waals surface area (Å²) in [5, 5.41) is 3.30. The van der Waals surface area contributed by atoms with Crippen LogP contribution in [-0.2, 0) is 0 Å². The molecule has 2 nitrogen and oxygen atoms in total. The van der Waals surface area contributed by atoms with Gasteiger partial charge in [0, 0.05) is 14.6 Å². The van der Waals surface area contributed by atoms with Crippen LogP contribution in [0.4, 0.5) is 11.4 Å². The molecule has 0 saturated heterocycles. The van der Waals surface area contributed by atoms with Crippen molar-refractivity contribution < 1.29 is 0 Å². The van der Waals surface area contributed by atoms with Gasteiger partial charge in [-0.3, -0.25) is 0 Å². The molecule has 0 atom stereocenters. The Kier molecular flexibility index (Phi) is 5.22. The smallest absolute Gasteiger partial charge is 0.0930 e. The van der Waals surface area contributed by atoms with Gasteiger partial charge in [0.05, 0.1) is 12.0 Å². The molecule has 2 rings (SSSR count). The Hall–Kier alpha value is -1.13. The molecule has 1 N–H and O–H groups in total. The van der Waals surface area contributed by atoms with Crippen molar-refractivity contribution in [3.8, 4) is 0 Å². The zero-order valence-electron chi connectivity index (χ0n) is 12.6. The third-order valence-electron chi connectivity index (χ3n) is 3.36. The van der Waals surface area contributed by atoms with E-state index in [4.69, 9.17) is 0 Å². The second-order valence-electron chi connectivity index (χ2n) is 5.21. The predicted octanol–water partition coefficient (Wildman–Crippen LogP) is 6.22. The summed E-state index contributed by atoms with van der Waals surface area (Å²) in [6.07, 6.45) is 1.77. The standard InChI is InChI=1S/C17H18Br2N2/c1-10-5-14(18)6-11(2)16(10)20-9-21-17-12(3)7-15(19)8-13(17)4/h5-9H,1-4H3,(H,20,21). The van der Waals surface area contributed by atoms with Crippen molar-refractivity contribution in [1.29, 1.82) is 0 Å². The SMILES string of the molecule is Cc1cc(Br)cc(C)c1/N=C/Nc1c(C)cc(Br)cc1C. The first-order valence-corrected chi connectivity index (χ1v) is 8.29. The molecule has 0 spiro atoms. The van der Waals surface area contributed by atoms with Crippen LogP contribution in [0.1, 0.15) is 22.3 Å². The minimum Gasteiger partial charge on any atom is -0.346 e. The highest BCUT2D eigenvalue weighted by Gasteiger charge is 2.04. The first kappa shape index (κ1) is 16.2. The second-order valence-corrected chi connectivity index (χ2v) is 7.04. The second kappa shape index (κ2) is 6.75.